The third-order valence-corrected chi connectivity index (χ3v) is 11.9. The topological polar surface area (TPSA) is 172 Å². The molecule has 3 aliphatic heterocycles. The zero-order chi connectivity index (χ0) is 43.7. The lowest BCUT2D eigenvalue weighted by Gasteiger charge is -2.43. The van der Waals surface area contributed by atoms with E-state index in [1.165, 1.54) is 12.1 Å². The van der Waals surface area contributed by atoms with E-state index < -0.39 is 24.2 Å². The van der Waals surface area contributed by atoms with Gasteiger partial charge in [-0.1, -0.05) is 72.8 Å². The Balaban J connectivity index is 0.807. The zero-order valence-corrected chi connectivity index (χ0v) is 35.1. The number of phenolic OH excluding ortho intramolecular Hbond substituents is 1. The van der Waals surface area contributed by atoms with Crippen molar-refractivity contribution in [3.05, 3.63) is 171 Å². The number of aliphatic hydroxyl groups is 1. The number of nitrogens with one attached hydrogen (secondary N) is 3. The molecule has 13 nitrogen and oxygen atoms in total. The molecule has 5 N–H and O–H groups in total. The Morgan fingerprint density at radius 3 is 2.40 bits per heavy atom. The standard InChI is InChI=1S/C50H52N4O9/c1-60-44-26-33(12-13-34(44)20-23-51-28-43(56)40-16-18-42(55)48-41(40)17-19-46(57)52-48)31-62-49(58)37-14-10-32(11-15-37)30-61-39-9-5-8-38(27-39)47(36-6-3-2-4-7-36)53-50(59)63-45-29-54-24-21-35(45)22-25-54/h2-19,26-27,35,43,45,47,51,55-56H,20-25,28-31H2,1H3,(H,52,57)(H,53,59)/t43-,45+,47?/m1/s1. The van der Waals surface area contributed by atoms with E-state index in [2.05, 4.69) is 20.5 Å². The van der Waals surface area contributed by atoms with Gasteiger partial charge in [0, 0.05) is 24.5 Å². The second-order valence-corrected chi connectivity index (χ2v) is 16.1. The van der Waals surface area contributed by atoms with Crippen molar-refractivity contribution in [2.24, 2.45) is 5.92 Å². The molecule has 326 valence electrons. The highest BCUT2D eigenvalue weighted by Crippen LogP contribution is 2.32. The van der Waals surface area contributed by atoms with Crippen LogP contribution in [0.1, 0.15) is 68.7 Å². The lowest BCUT2D eigenvalue weighted by molar-refractivity contribution is -0.0336. The van der Waals surface area contributed by atoms with Gasteiger partial charge in [0.2, 0.25) is 5.56 Å². The number of piperidine rings is 3. The molecule has 5 aromatic carbocycles. The molecule has 63 heavy (non-hydrogen) atoms. The van der Waals surface area contributed by atoms with Gasteiger partial charge in [0.1, 0.15) is 36.6 Å². The fourth-order valence-corrected chi connectivity index (χ4v) is 8.46. The average Bonchev–Trinajstić information content (AvgIpc) is 3.32. The number of aromatic hydroxyl groups is 1. The summed E-state index contributed by atoms with van der Waals surface area (Å²) in [6, 6.07) is 35.9. The number of carbonyl (C=O) groups is 2. The summed E-state index contributed by atoms with van der Waals surface area (Å²) >= 11 is 0. The molecule has 13 heteroatoms. The Morgan fingerprint density at radius 1 is 0.857 bits per heavy atom. The molecular formula is C50H52N4O9. The first-order valence-electron chi connectivity index (χ1n) is 21.3. The summed E-state index contributed by atoms with van der Waals surface area (Å²) in [5, 5.41) is 28.0. The summed E-state index contributed by atoms with van der Waals surface area (Å²) in [4.78, 5) is 43.0. The number of benzene rings is 5. The molecule has 1 aromatic heterocycles. The molecule has 1 amide bonds. The maximum absolute atomic E-state index is 13.3. The van der Waals surface area contributed by atoms with Crippen LogP contribution in [0.4, 0.5) is 4.79 Å². The highest BCUT2D eigenvalue weighted by atomic mass is 16.6. The van der Waals surface area contributed by atoms with Crippen LogP contribution in [0.2, 0.25) is 0 Å². The number of esters is 1. The number of nitrogens with zero attached hydrogens (tertiary/aromatic N) is 1. The van der Waals surface area contributed by atoms with Gasteiger partial charge in [-0.15, -0.1) is 0 Å². The Bertz CT molecular complexity index is 2570. The predicted octanol–water partition coefficient (Wildman–Crippen LogP) is 6.95. The van der Waals surface area contributed by atoms with E-state index >= 15 is 0 Å². The molecule has 3 saturated heterocycles. The van der Waals surface area contributed by atoms with Crippen LogP contribution in [-0.2, 0) is 29.1 Å². The van der Waals surface area contributed by atoms with E-state index in [9.17, 15) is 24.6 Å². The fourth-order valence-electron chi connectivity index (χ4n) is 8.46. The van der Waals surface area contributed by atoms with E-state index in [1.54, 1.807) is 31.4 Å². The van der Waals surface area contributed by atoms with Crippen molar-refractivity contribution < 1.29 is 38.7 Å². The minimum absolute atomic E-state index is 0.0588. The number of aliphatic hydroxyl groups excluding tert-OH is 1. The average molecular weight is 853 g/mol. The first-order chi connectivity index (χ1) is 30.7. The number of rotatable bonds is 17. The van der Waals surface area contributed by atoms with Crippen LogP contribution in [0.3, 0.4) is 0 Å². The number of H-pyrrole nitrogens is 1. The molecule has 4 heterocycles. The fraction of sp³-hybridized carbons (Fsp3) is 0.300. The van der Waals surface area contributed by atoms with Gasteiger partial charge in [-0.05, 0) is 121 Å². The second kappa shape index (κ2) is 20.0. The van der Waals surface area contributed by atoms with Crippen LogP contribution in [-0.4, -0.2) is 78.1 Å². The number of methoxy groups -OCH3 is 1. The van der Waals surface area contributed by atoms with Crippen molar-refractivity contribution in [2.45, 2.75) is 50.7 Å². The van der Waals surface area contributed by atoms with Crippen molar-refractivity contribution >= 4 is 23.0 Å². The molecule has 2 bridgehead atoms. The van der Waals surface area contributed by atoms with Gasteiger partial charge in [0.15, 0.2) is 0 Å². The Kier molecular flexibility index (Phi) is 13.7. The van der Waals surface area contributed by atoms with Crippen LogP contribution >= 0.6 is 0 Å². The summed E-state index contributed by atoms with van der Waals surface area (Å²) in [6.45, 7) is 4.06. The highest BCUT2D eigenvalue weighted by molar-refractivity contribution is 5.89. The van der Waals surface area contributed by atoms with Gasteiger partial charge < -0.3 is 44.8 Å². The largest absolute Gasteiger partial charge is 0.506 e. The number of hydrogen-bond acceptors (Lipinski definition) is 11. The van der Waals surface area contributed by atoms with Gasteiger partial charge in [-0.25, -0.2) is 9.59 Å². The molecule has 0 radical (unpaired) electrons. The number of fused-ring (bicyclic) bond motifs is 4. The molecule has 3 atom stereocenters. The molecule has 3 fully saturated rings. The van der Waals surface area contributed by atoms with Crippen molar-refractivity contribution in [1.29, 1.82) is 0 Å². The lowest BCUT2D eigenvalue weighted by atomic mass is 9.86. The van der Waals surface area contributed by atoms with Crippen LogP contribution < -0.4 is 25.7 Å². The third kappa shape index (κ3) is 10.7. The second-order valence-electron chi connectivity index (χ2n) is 16.1. The number of aromatic nitrogens is 1. The number of phenols is 1. The van der Waals surface area contributed by atoms with Crippen LogP contribution in [0.15, 0.2) is 126 Å². The minimum atomic E-state index is -0.868. The van der Waals surface area contributed by atoms with E-state index in [0.717, 1.165) is 60.3 Å². The molecule has 0 saturated carbocycles. The SMILES string of the molecule is COc1cc(COC(=O)c2ccc(COc3cccc(C(NC(=O)O[C@H]4CN5CCC4CC5)c4ccccc4)c3)cc2)ccc1CCNC[C@@H](O)c1ccc(O)c2[nH]c(=O)ccc12. The first kappa shape index (κ1) is 43.0. The van der Waals surface area contributed by atoms with Crippen molar-refractivity contribution in [1.82, 2.24) is 20.5 Å². The number of amides is 1. The summed E-state index contributed by atoms with van der Waals surface area (Å²) in [5.41, 5.74) is 5.33. The molecule has 0 spiro atoms. The lowest BCUT2D eigenvalue weighted by Crippen LogP contribution is -2.52. The zero-order valence-electron chi connectivity index (χ0n) is 35.1. The van der Waals surface area contributed by atoms with Crippen molar-refractivity contribution in [3.8, 4) is 17.2 Å². The van der Waals surface area contributed by atoms with Crippen LogP contribution in [0.25, 0.3) is 10.9 Å². The number of hydrogen-bond donors (Lipinski definition) is 5. The quantitative estimate of drug-likeness (QED) is 0.0475. The highest BCUT2D eigenvalue weighted by Gasteiger charge is 2.37. The Hall–Kier alpha value is -6.67. The maximum Gasteiger partial charge on any atom is 0.408 e. The smallest absolute Gasteiger partial charge is 0.408 e. The number of aromatic amines is 1. The van der Waals surface area contributed by atoms with Crippen LogP contribution in [0, 0.1) is 5.92 Å². The summed E-state index contributed by atoms with van der Waals surface area (Å²) in [6.07, 6.45) is 1.35. The number of ether oxygens (including phenoxy) is 4. The number of alkyl carbamates (subject to hydrolysis) is 1. The monoisotopic (exact) mass is 852 g/mol. The van der Waals surface area contributed by atoms with E-state index in [-0.39, 0.29) is 42.7 Å². The predicted molar refractivity (Wildman–Crippen MR) is 238 cm³/mol. The van der Waals surface area contributed by atoms with Crippen molar-refractivity contribution in [2.75, 3.05) is 39.8 Å². The van der Waals surface area contributed by atoms with Gasteiger partial charge in [-0.3, -0.25) is 9.69 Å². The molecule has 6 aromatic rings. The molecule has 1 unspecified atom stereocenters. The molecular weight excluding hydrogens is 801 g/mol. The maximum atomic E-state index is 13.3. The van der Waals surface area contributed by atoms with E-state index in [1.807, 2.05) is 84.9 Å². The van der Waals surface area contributed by atoms with Gasteiger partial charge >= 0.3 is 12.1 Å². The van der Waals surface area contributed by atoms with E-state index in [0.29, 0.717) is 46.9 Å². The normalized spacial score (nSPS) is 17.7. The summed E-state index contributed by atoms with van der Waals surface area (Å²) in [7, 11) is 1.59. The Morgan fingerprint density at radius 2 is 1.63 bits per heavy atom. The molecule has 3 aliphatic rings. The van der Waals surface area contributed by atoms with Crippen LogP contribution in [0.5, 0.6) is 17.2 Å². The molecule has 0 aliphatic carbocycles. The summed E-state index contributed by atoms with van der Waals surface area (Å²) in [5.74, 6) is 1.19. The number of carbonyl (C=O) groups excluding carboxylic acids is 2. The molecule has 9 rings (SSSR count). The Labute approximate surface area is 365 Å². The van der Waals surface area contributed by atoms with E-state index in [4.69, 9.17) is 18.9 Å². The van der Waals surface area contributed by atoms with Gasteiger partial charge in [-0.2, -0.15) is 0 Å². The van der Waals surface area contributed by atoms with Crippen molar-refractivity contribution in [3.63, 3.8) is 0 Å². The van der Waals surface area contributed by atoms with Gasteiger partial charge in [0.05, 0.1) is 30.3 Å². The first-order valence-corrected chi connectivity index (χ1v) is 21.3. The number of pyridine rings is 1. The van der Waals surface area contributed by atoms with Gasteiger partial charge in [0.25, 0.3) is 0 Å². The third-order valence-electron chi connectivity index (χ3n) is 11.9. The summed E-state index contributed by atoms with van der Waals surface area (Å²) < 4.78 is 23.5. The minimum Gasteiger partial charge on any atom is -0.506 e.